The smallest absolute Gasteiger partial charge is 0.0295 e. The van der Waals surface area contributed by atoms with Gasteiger partial charge < -0.3 is 0 Å². The zero-order chi connectivity index (χ0) is 11.6. The lowest BCUT2D eigenvalue weighted by Crippen LogP contribution is -2.34. The fraction of sp³-hybridized carbons (Fsp3) is 1.00. The zero-order valence-corrected chi connectivity index (χ0v) is 11.6. The van der Waals surface area contributed by atoms with Crippen molar-refractivity contribution in [3.63, 3.8) is 0 Å². The highest BCUT2D eigenvalue weighted by Gasteiger charge is 2.39. The van der Waals surface area contributed by atoms with Crippen LogP contribution in [0.25, 0.3) is 0 Å². The molecule has 1 atom stereocenters. The molecule has 0 bridgehead atoms. The van der Waals surface area contributed by atoms with Crippen molar-refractivity contribution < 1.29 is 0 Å². The van der Waals surface area contributed by atoms with Crippen molar-refractivity contribution in [2.45, 2.75) is 89.9 Å². The topological polar surface area (TPSA) is 0 Å². The second kappa shape index (κ2) is 5.33. The lowest BCUT2D eigenvalue weighted by molar-refractivity contribution is 0.0533. The standard InChI is InChI=1S/C17H30/c1-3-8-15(9-4-1)16-10-7-13-17(14-16)11-5-2-6-12-17/h15-16H,1-14H2. The van der Waals surface area contributed by atoms with Crippen molar-refractivity contribution in [1.82, 2.24) is 0 Å². The van der Waals surface area contributed by atoms with E-state index in [9.17, 15) is 0 Å². The summed E-state index contributed by atoms with van der Waals surface area (Å²) in [7, 11) is 0. The third-order valence-corrected chi connectivity index (χ3v) is 6.21. The third kappa shape index (κ3) is 2.71. The average Bonchev–Trinajstić information content (AvgIpc) is 2.41. The summed E-state index contributed by atoms with van der Waals surface area (Å²) in [5.41, 5.74) is 0.832. The van der Waals surface area contributed by atoms with Crippen LogP contribution >= 0.6 is 0 Å². The molecule has 1 unspecified atom stereocenters. The van der Waals surface area contributed by atoms with Gasteiger partial charge in [0.15, 0.2) is 0 Å². The van der Waals surface area contributed by atoms with Crippen LogP contribution in [0.1, 0.15) is 89.9 Å². The minimum atomic E-state index is 0.832. The Balaban J connectivity index is 1.61. The molecule has 0 heterocycles. The van der Waals surface area contributed by atoms with Crippen LogP contribution in [0.3, 0.4) is 0 Å². The lowest BCUT2D eigenvalue weighted by atomic mass is 9.59. The Bertz CT molecular complexity index is 225. The van der Waals surface area contributed by atoms with Gasteiger partial charge in [-0.1, -0.05) is 64.2 Å². The molecule has 0 heteroatoms. The average molecular weight is 234 g/mol. The van der Waals surface area contributed by atoms with Gasteiger partial charge in [0, 0.05) is 0 Å². The Morgan fingerprint density at radius 2 is 1.12 bits per heavy atom. The summed E-state index contributed by atoms with van der Waals surface area (Å²) in [5.74, 6) is 2.25. The fourth-order valence-electron chi connectivity index (χ4n) is 5.26. The fourth-order valence-corrected chi connectivity index (χ4v) is 5.26. The minimum absolute atomic E-state index is 0.832. The SMILES string of the molecule is C1CCC(C2CCCC3(CCCCC3)C2)CC1. The molecule has 0 N–H and O–H groups in total. The van der Waals surface area contributed by atoms with E-state index < -0.39 is 0 Å². The molecule has 3 aliphatic rings. The van der Waals surface area contributed by atoms with E-state index >= 15 is 0 Å². The Morgan fingerprint density at radius 1 is 0.529 bits per heavy atom. The van der Waals surface area contributed by atoms with Crippen molar-refractivity contribution in [2.24, 2.45) is 17.3 Å². The van der Waals surface area contributed by atoms with Crippen molar-refractivity contribution in [3.8, 4) is 0 Å². The van der Waals surface area contributed by atoms with Gasteiger partial charge >= 0.3 is 0 Å². The van der Waals surface area contributed by atoms with E-state index in [1.807, 2.05) is 0 Å². The van der Waals surface area contributed by atoms with E-state index in [0.29, 0.717) is 0 Å². The van der Waals surface area contributed by atoms with Gasteiger partial charge in [0.1, 0.15) is 0 Å². The summed E-state index contributed by atoms with van der Waals surface area (Å²) >= 11 is 0. The summed E-state index contributed by atoms with van der Waals surface area (Å²) in [5, 5.41) is 0. The maximum atomic E-state index is 1.62. The number of hydrogen-bond acceptors (Lipinski definition) is 0. The van der Waals surface area contributed by atoms with E-state index in [2.05, 4.69) is 0 Å². The van der Waals surface area contributed by atoms with Gasteiger partial charge in [-0.15, -0.1) is 0 Å². The number of hydrogen-bond donors (Lipinski definition) is 0. The molecule has 0 amide bonds. The molecule has 0 aromatic heterocycles. The first-order valence-electron chi connectivity index (χ1n) is 8.38. The molecule has 3 aliphatic carbocycles. The molecule has 0 radical (unpaired) electrons. The first-order chi connectivity index (χ1) is 8.38. The summed E-state index contributed by atoms with van der Waals surface area (Å²) < 4.78 is 0. The van der Waals surface area contributed by atoms with E-state index in [-0.39, 0.29) is 0 Å². The predicted octanol–water partition coefficient (Wildman–Crippen LogP) is 5.71. The molecule has 3 fully saturated rings. The van der Waals surface area contributed by atoms with E-state index in [4.69, 9.17) is 0 Å². The summed E-state index contributed by atoms with van der Waals surface area (Å²) in [4.78, 5) is 0. The minimum Gasteiger partial charge on any atom is -0.0533 e. The van der Waals surface area contributed by atoms with Gasteiger partial charge in [0.05, 0.1) is 0 Å². The van der Waals surface area contributed by atoms with Crippen LogP contribution in [0.5, 0.6) is 0 Å². The molecule has 17 heavy (non-hydrogen) atoms. The van der Waals surface area contributed by atoms with Crippen molar-refractivity contribution in [3.05, 3.63) is 0 Å². The van der Waals surface area contributed by atoms with Crippen LogP contribution in [0, 0.1) is 17.3 Å². The normalized spacial score (nSPS) is 34.9. The molecule has 0 aliphatic heterocycles. The van der Waals surface area contributed by atoms with Gasteiger partial charge in [-0.25, -0.2) is 0 Å². The lowest BCUT2D eigenvalue weighted by Gasteiger charge is -2.46. The van der Waals surface area contributed by atoms with Gasteiger partial charge in [-0.05, 0) is 42.9 Å². The van der Waals surface area contributed by atoms with Gasteiger partial charge in [-0.2, -0.15) is 0 Å². The maximum Gasteiger partial charge on any atom is -0.0295 e. The quantitative estimate of drug-likeness (QED) is 0.545. The predicted molar refractivity (Wildman–Crippen MR) is 74.1 cm³/mol. The Morgan fingerprint density at radius 3 is 1.88 bits per heavy atom. The summed E-state index contributed by atoms with van der Waals surface area (Å²) in [6, 6.07) is 0. The highest BCUT2D eigenvalue weighted by Crippen LogP contribution is 2.52. The van der Waals surface area contributed by atoms with Gasteiger partial charge in [0.25, 0.3) is 0 Å². The molecular formula is C17H30. The first kappa shape index (κ1) is 12.1. The summed E-state index contributed by atoms with van der Waals surface area (Å²) in [6.07, 6.45) is 21.8. The summed E-state index contributed by atoms with van der Waals surface area (Å²) in [6.45, 7) is 0. The zero-order valence-electron chi connectivity index (χ0n) is 11.6. The van der Waals surface area contributed by atoms with Crippen molar-refractivity contribution in [2.75, 3.05) is 0 Å². The van der Waals surface area contributed by atoms with Crippen LogP contribution in [0.2, 0.25) is 0 Å². The third-order valence-electron chi connectivity index (χ3n) is 6.21. The van der Waals surface area contributed by atoms with Gasteiger partial charge in [-0.3, -0.25) is 0 Å². The molecule has 0 aromatic rings. The molecular weight excluding hydrogens is 204 g/mol. The Hall–Kier alpha value is 0. The molecule has 1 spiro atoms. The monoisotopic (exact) mass is 234 g/mol. The van der Waals surface area contributed by atoms with Crippen molar-refractivity contribution >= 4 is 0 Å². The maximum absolute atomic E-state index is 1.62. The van der Waals surface area contributed by atoms with Crippen LogP contribution < -0.4 is 0 Å². The number of rotatable bonds is 1. The van der Waals surface area contributed by atoms with E-state index in [1.165, 1.54) is 38.5 Å². The van der Waals surface area contributed by atoms with Gasteiger partial charge in [0.2, 0.25) is 0 Å². The molecule has 98 valence electrons. The second-order valence-corrected chi connectivity index (χ2v) is 7.32. The molecule has 0 nitrogen and oxygen atoms in total. The Kier molecular flexibility index (Phi) is 3.78. The first-order valence-corrected chi connectivity index (χ1v) is 8.38. The molecule has 3 saturated carbocycles. The molecule has 0 saturated heterocycles. The van der Waals surface area contributed by atoms with E-state index in [1.54, 1.807) is 51.4 Å². The highest BCUT2D eigenvalue weighted by atomic mass is 14.4. The van der Waals surface area contributed by atoms with E-state index in [0.717, 1.165) is 17.3 Å². The van der Waals surface area contributed by atoms with Crippen molar-refractivity contribution in [1.29, 1.82) is 0 Å². The van der Waals surface area contributed by atoms with Crippen LogP contribution in [0.4, 0.5) is 0 Å². The molecule has 3 rings (SSSR count). The molecule has 0 aromatic carbocycles. The van der Waals surface area contributed by atoms with Crippen LogP contribution in [-0.2, 0) is 0 Å². The highest BCUT2D eigenvalue weighted by molar-refractivity contribution is 4.91. The largest absolute Gasteiger partial charge is 0.0533 e. The Labute approximate surface area is 108 Å². The van der Waals surface area contributed by atoms with Crippen LogP contribution in [0.15, 0.2) is 0 Å². The second-order valence-electron chi connectivity index (χ2n) is 7.32. The van der Waals surface area contributed by atoms with Crippen LogP contribution in [-0.4, -0.2) is 0 Å².